The molecule has 1 aliphatic heterocycles. The standard InChI is InChI=1S/C30H28ClNO5/c1-17(2)12-13-36-21-7-5-6-19(15-21)27-26-28(33)22-14-18(3)8-10-24(22)37-29(26)30(34)32(27)20-9-11-25(35-4)23(31)16-20/h5-11,14-17,27H,12-13H2,1-4H3. The van der Waals surface area contributed by atoms with E-state index in [2.05, 4.69) is 13.8 Å². The Hall–Kier alpha value is -3.77. The average molecular weight is 518 g/mol. The van der Waals surface area contributed by atoms with Crippen LogP contribution in [0.1, 0.15) is 53.6 Å². The number of nitrogens with zero attached hydrogens (tertiary/aromatic N) is 1. The Kier molecular flexibility index (Phi) is 6.69. The second-order valence-electron chi connectivity index (χ2n) is 9.67. The maximum absolute atomic E-state index is 13.9. The van der Waals surface area contributed by atoms with Crippen LogP contribution in [0.5, 0.6) is 11.5 Å². The number of carbonyl (C=O) groups is 1. The van der Waals surface area contributed by atoms with Gasteiger partial charge in [0.05, 0.1) is 35.7 Å². The number of ether oxygens (including phenoxy) is 2. The van der Waals surface area contributed by atoms with Crippen molar-refractivity contribution in [2.45, 2.75) is 33.2 Å². The Morgan fingerprint density at radius 1 is 1.05 bits per heavy atom. The van der Waals surface area contributed by atoms with Crippen LogP contribution in [0.2, 0.25) is 5.02 Å². The summed E-state index contributed by atoms with van der Waals surface area (Å²) in [5.74, 6) is 1.30. The van der Waals surface area contributed by atoms with Crippen molar-refractivity contribution in [1.29, 1.82) is 0 Å². The van der Waals surface area contributed by atoms with Crippen LogP contribution in [0.15, 0.2) is 69.9 Å². The lowest BCUT2D eigenvalue weighted by molar-refractivity contribution is 0.0971. The molecule has 1 aliphatic rings. The first-order valence-corrected chi connectivity index (χ1v) is 12.6. The van der Waals surface area contributed by atoms with E-state index in [0.29, 0.717) is 51.3 Å². The van der Waals surface area contributed by atoms with Gasteiger partial charge < -0.3 is 13.9 Å². The third-order valence-corrected chi connectivity index (χ3v) is 6.87. The van der Waals surface area contributed by atoms with E-state index >= 15 is 0 Å². The number of methoxy groups -OCH3 is 1. The molecule has 0 aliphatic carbocycles. The minimum Gasteiger partial charge on any atom is -0.495 e. The highest BCUT2D eigenvalue weighted by molar-refractivity contribution is 6.32. The average Bonchev–Trinajstić information content (AvgIpc) is 3.17. The lowest BCUT2D eigenvalue weighted by Crippen LogP contribution is -2.29. The van der Waals surface area contributed by atoms with E-state index < -0.39 is 11.9 Å². The maximum Gasteiger partial charge on any atom is 0.295 e. The molecule has 0 bridgehead atoms. The number of hydrogen-bond acceptors (Lipinski definition) is 5. The first-order chi connectivity index (χ1) is 17.8. The molecule has 0 saturated carbocycles. The fourth-order valence-electron chi connectivity index (χ4n) is 4.66. The van der Waals surface area contributed by atoms with Gasteiger partial charge in [0.25, 0.3) is 5.91 Å². The normalized spacial score (nSPS) is 14.9. The van der Waals surface area contributed by atoms with Gasteiger partial charge in [0.15, 0.2) is 5.43 Å². The number of anilines is 1. The summed E-state index contributed by atoms with van der Waals surface area (Å²) in [6, 6.07) is 17.3. The molecular formula is C30H28ClNO5. The Morgan fingerprint density at radius 2 is 1.86 bits per heavy atom. The third-order valence-electron chi connectivity index (χ3n) is 6.58. The maximum atomic E-state index is 13.9. The van der Waals surface area contributed by atoms with Gasteiger partial charge in [-0.05, 0) is 67.3 Å². The number of hydrogen-bond donors (Lipinski definition) is 0. The molecule has 7 heteroatoms. The molecule has 0 radical (unpaired) electrons. The van der Waals surface area contributed by atoms with Gasteiger partial charge in [-0.15, -0.1) is 0 Å². The summed E-state index contributed by atoms with van der Waals surface area (Å²) in [6.07, 6.45) is 0.917. The Bertz CT molecular complexity index is 1560. The highest BCUT2D eigenvalue weighted by Gasteiger charge is 2.44. The van der Waals surface area contributed by atoms with Gasteiger partial charge in [0.2, 0.25) is 5.76 Å². The van der Waals surface area contributed by atoms with Crippen LogP contribution < -0.4 is 19.8 Å². The predicted octanol–water partition coefficient (Wildman–Crippen LogP) is 6.94. The number of benzene rings is 3. The topological polar surface area (TPSA) is 69.0 Å². The van der Waals surface area contributed by atoms with Gasteiger partial charge in [0, 0.05) is 5.69 Å². The van der Waals surface area contributed by atoms with E-state index in [4.69, 9.17) is 25.5 Å². The van der Waals surface area contributed by atoms with Crippen molar-refractivity contribution >= 4 is 34.2 Å². The number of carbonyl (C=O) groups excluding carboxylic acids is 1. The molecule has 5 rings (SSSR count). The van der Waals surface area contributed by atoms with E-state index in [0.717, 1.165) is 17.5 Å². The smallest absolute Gasteiger partial charge is 0.295 e. The molecule has 0 spiro atoms. The molecular weight excluding hydrogens is 490 g/mol. The molecule has 4 aromatic rings. The summed E-state index contributed by atoms with van der Waals surface area (Å²) in [5, 5.41) is 0.795. The molecule has 2 heterocycles. The molecule has 37 heavy (non-hydrogen) atoms. The Morgan fingerprint density at radius 3 is 2.59 bits per heavy atom. The van der Waals surface area contributed by atoms with Crippen LogP contribution in [0.4, 0.5) is 5.69 Å². The van der Waals surface area contributed by atoms with Crippen LogP contribution in [-0.2, 0) is 0 Å². The largest absolute Gasteiger partial charge is 0.495 e. The van der Waals surface area contributed by atoms with E-state index in [1.54, 1.807) is 35.2 Å². The molecule has 1 aromatic heterocycles. The summed E-state index contributed by atoms with van der Waals surface area (Å²) in [6.45, 7) is 6.78. The number of rotatable bonds is 7. The van der Waals surface area contributed by atoms with E-state index in [1.807, 2.05) is 37.3 Å². The zero-order chi connectivity index (χ0) is 26.3. The van der Waals surface area contributed by atoms with Gasteiger partial charge in [-0.2, -0.15) is 0 Å². The van der Waals surface area contributed by atoms with Crippen LogP contribution in [0, 0.1) is 12.8 Å². The Labute approximate surface area is 220 Å². The molecule has 1 atom stereocenters. The van der Waals surface area contributed by atoms with Gasteiger partial charge in [-0.25, -0.2) is 0 Å². The summed E-state index contributed by atoms with van der Waals surface area (Å²) >= 11 is 6.43. The second-order valence-corrected chi connectivity index (χ2v) is 10.1. The second kappa shape index (κ2) is 9.94. The Balaban J connectivity index is 1.69. The SMILES string of the molecule is COc1ccc(N2C(=O)c3oc4ccc(C)cc4c(=O)c3C2c2cccc(OCCC(C)C)c2)cc1Cl. The van der Waals surface area contributed by atoms with E-state index in [1.165, 1.54) is 7.11 Å². The first-order valence-electron chi connectivity index (χ1n) is 12.3. The van der Waals surface area contributed by atoms with Crippen LogP contribution in [0.3, 0.4) is 0 Å². The molecule has 6 nitrogen and oxygen atoms in total. The molecule has 0 N–H and O–H groups in total. The summed E-state index contributed by atoms with van der Waals surface area (Å²) in [4.78, 5) is 29.2. The highest BCUT2D eigenvalue weighted by Crippen LogP contribution is 2.43. The van der Waals surface area contributed by atoms with Crippen molar-refractivity contribution in [2.75, 3.05) is 18.6 Å². The zero-order valence-corrected chi connectivity index (χ0v) is 22.0. The first kappa shape index (κ1) is 24.9. The molecule has 1 amide bonds. The van der Waals surface area contributed by atoms with Crippen molar-refractivity contribution in [1.82, 2.24) is 0 Å². The van der Waals surface area contributed by atoms with Gasteiger partial charge in [0.1, 0.15) is 17.1 Å². The number of fused-ring (bicyclic) bond motifs is 2. The lowest BCUT2D eigenvalue weighted by atomic mass is 9.97. The third kappa shape index (κ3) is 4.58. The molecule has 0 saturated heterocycles. The number of amides is 1. The van der Waals surface area contributed by atoms with Crippen molar-refractivity contribution in [2.24, 2.45) is 5.92 Å². The summed E-state index contributed by atoms with van der Waals surface area (Å²) in [7, 11) is 1.53. The minimum atomic E-state index is -0.721. The quantitative estimate of drug-likeness (QED) is 0.265. The zero-order valence-electron chi connectivity index (χ0n) is 21.2. The molecule has 3 aromatic carbocycles. The summed E-state index contributed by atoms with van der Waals surface area (Å²) in [5.41, 5.74) is 2.64. The minimum absolute atomic E-state index is 0.0319. The van der Waals surface area contributed by atoms with E-state index in [-0.39, 0.29) is 11.2 Å². The fourth-order valence-corrected chi connectivity index (χ4v) is 4.91. The van der Waals surface area contributed by atoms with E-state index in [9.17, 15) is 9.59 Å². The molecule has 1 unspecified atom stereocenters. The van der Waals surface area contributed by atoms with Crippen LogP contribution >= 0.6 is 11.6 Å². The van der Waals surface area contributed by atoms with Crippen molar-refractivity contribution in [3.05, 3.63) is 98.4 Å². The number of halogens is 1. The molecule has 0 fully saturated rings. The van der Waals surface area contributed by atoms with Crippen molar-refractivity contribution in [3.63, 3.8) is 0 Å². The summed E-state index contributed by atoms with van der Waals surface area (Å²) < 4.78 is 17.4. The monoisotopic (exact) mass is 517 g/mol. The number of aryl methyl sites for hydroxylation is 1. The van der Waals surface area contributed by atoms with Crippen LogP contribution in [0.25, 0.3) is 11.0 Å². The lowest BCUT2D eigenvalue weighted by Gasteiger charge is -2.26. The fraction of sp³-hybridized carbons (Fsp3) is 0.267. The van der Waals surface area contributed by atoms with Gasteiger partial charge in [-0.1, -0.05) is 49.2 Å². The predicted molar refractivity (Wildman–Crippen MR) is 145 cm³/mol. The highest BCUT2D eigenvalue weighted by atomic mass is 35.5. The van der Waals surface area contributed by atoms with Gasteiger partial charge in [-0.3, -0.25) is 14.5 Å². The van der Waals surface area contributed by atoms with Gasteiger partial charge >= 0.3 is 0 Å². The van der Waals surface area contributed by atoms with Crippen molar-refractivity contribution in [3.8, 4) is 11.5 Å². The van der Waals surface area contributed by atoms with Crippen molar-refractivity contribution < 1.29 is 18.7 Å². The van der Waals surface area contributed by atoms with Crippen LogP contribution in [-0.4, -0.2) is 19.6 Å². The molecule has 190 valence electrons.